The van der Waals surface area contributed by atoms with Crippen LogP contribution in [0.1, 0.15) is 43.0 Å². The van der Waals surface area contributed by atoms with Gasteiger partial charge in [-0.1, -0.05) is 31.4 Å². The van der Waals surface area contributed by atoms with Crippen LogP contribution in [0, 0.1) is 0 Å². The van der Waals surface area contributed by atoms with Gasteiger partial charge >= 0.3 is 0 Å². The maximum absolute atomic E-state index is 11.9. The molecule has 1 rings (SSSR count). The number of hydrogen-bond donors (Lipinski definition) is 2. The minimum Gasteiger partial charge on any atom is -0.496 e. The van der Waals surface area contributed by atoms with Crippen LogP contribution >= 0.6 is 11.6 Å². The van der Waals surface area contributed by atoms with E-state index in [-0.39, 0.29) is 5.91 Å². The number of methoxy groups -OCH3 is 1. The molecule has 6 heteroatoms. The fourth-order valence-electron chi connectivity index (χ4n) is 1.64. The molecule has 0 fully saturated rings. The molecule has 1 aromatic rings. The van der Waals surface area contributed by atoms with Crippen molar-refractivity contribution in [2.24, 2.45) is 0 Å². The number of carbonyl (C=O) groups excluding carboxylic acids is 2. The SMILES string of the molecule is CCCCCC(=O)NNC(=O)c1ccc(Cl)cc1OC. The first kappa shape index (κ1) is 16.3. The number of unbranched alkanes of at least 4 members (excludes halogenated alkanes) is 2. The normalized spacial score (nSPS) is 9.95. The molecule has 0 aliphatic heterocycles. The summed E-state index contributed by atoms with van der Waals surface area (Å²) in [6.07, 6.45) is 3.24. The highest BCUT2D eigenvalue weighted by Crippen LogP contribution is 2.22. The number of rotatable bonds is 6. The summed E-state index contributed by atoms with van der Waals surface area (Å²) in [5.41, 5.74) is 5.05. The van der Waals surface area contributed by atoms with Crippen LogP contribution in [0.25, 0.3) is 0 Å². The monoisotopic (exact) mass is 298 g/mol. The molecule has 0 saturated carbocycles. The van der Waals surface area contributed by atoms with E-state index >= 15 is 0 Å². The molecule has 2 amide bonds. The summed E-state index contributed by atoms with van der Waals surface area (Å²) in [5.74, 6) is -0.294. The molecule has 0 saturated heterocycles. The van der Waals surface area contributed by atoms with Gasteiger partial charge in [-0.25, -0.2) is 0 Å². The number of benzene rings is 1. The summed E-state index contributed by atoms with van der Waals surface area (Å²) >= 11 is 5.82. The molecule has 0 atom stereocenters. The molecule has 0 aliphatic carbocycles. The first-order chi connectivity index (χ1) is 9.58. The fourth-order valence-corrected chi connectivity index (χ4v) is 1.81. The van der Waals surface area contributed by atoms with Gasteiger partial charge in [-0.2, -0.15) is 0 Å². The average Bonchev–Trinajstić information content (AvgIpc) is 2.44. The van der Waals surface area contributed by atoms with Crippen molar-refractivity contribution in [2.75, 3.05) is 7.11 Å². The van der Waals surface area contributed by atoms with Gasteiger partial charge in [0.25, 0.3) is 5.91 Å². The molecule has 2 N–H and O–H groups in total. The number of amides is 2. The molecule has 0 spiro atoms. The summed E-state index contributed by atoms with van der Waals surface area (Å²) in [6, 6.07) is 4.67. The first-order valence-corrected chi connectivity index (χ1v) is 6.89. The van der Waals surface area contributed by atoms with Crippen LogP contribution in [0.15, 0.2) is 18.2 Å². The van der Waals surface area contributed by atoms with Crippen molar-refractivity contribution < 1.29 is 14.3 Å². The van der Waals surface area contributed by atoms with Crippen molar-refractivity contribution in [1.82, 2.24) is 10.9 Å². The van der Waals surface area contributed by atoms with Crippen LogP contribution in [0.3, 0.4) is 0 Å². The third-order valence-electron chi connectivity index (χ3n) is 2.73. The zero-order valence-electron chi connectivity index (χ0n) is 11.7. The Hall–Kier alpha value is -1.75. The van der Waals surface area contributed by atoms with E-state index < -0.39 is 5.91 Å². The van der Waals surface area contributed by atoms with Crippen molar-refractivity contribution in [3.05, 3.63) is 28.8 Å². The largest absolute Gasteiger partial charge is 0.496 e. The first-order valence-electron chi connectivity index (χ1n) is 6.51. The van der Waals surface area contributed by atoms with E-state index in [0.29, 0.717) is 22.8 Å². The summed E-state index contributed by atoms with van der Waals surface area (Å²) in [7, 11) is 1.45. The van der Waals surface area contributed by atoms with E-state index in [2.05, 4.69) is 17.8 Å². The zero-order chi connectivity index (χ0) is 15.0. The Morgan fingerprint density at radius 1 is 1.25 bits per heavy atom. The lowest BCUT2D eigenvalue weighted by atomic mass is 10.2. The predicted molar refractivity (Wildman–Crippen MR) is 77.8 cm³/mol. The maximum Gasteiger partial charge on any atom is 0.273 e. The minimum absolute atomic E-state index is 0.209. The summed E-state index contributed by atoms with van der Waals surface area (Å²) in [4.78, 5) is 23.4. The molecular weight excluding hydrogens is 280 g/mol. The quantitative estimate of drug-likeness (QED) is 0.627. The molecule has 0 radical (unpaired) electrons. The molecule has 110 valence electrons. The lowest BCUT2D eigenvalue weighted by Crippen LogP contribution is -2.41. The van der Waals surface area contributed by atoms with Crippen molar-refractivity contribution in [3.63, 3.8) is 0 Å². The Morgan fingerprint density at radius 2 is 2.00 bits per heavy atom. The predicted octanol–water partition coefficient (Wildman–Crippen LogP) is 2.69. The Morgan fingerprint density at radius 3 is 2.65 bits per heavy atom. The lowest BCUT2D eigenvalue weighted by Gasteiger charge is -2.10. The van der Waals surface area contributed by atoms with Crippen molar-refractivity contribution in [2.45, 2.75) is 32.6 Å². The van der Waals surface area contributed by atoms with Crippen LogP contribution in [0.4, 0.5) is 0 Å². The van der Waals surface area contributed by atoms with E-state index in [9.17, 15) is 9.59 Å². The van der Waals surface area contributed by atoms with Crippen LogP contribution in [0.5, 0.6) is 5.75 Å². The molecule has 1 aromatic carbocycles. The summed E-state index contributed by atoms with van der Waals surface area (Å²) < 4.78 is 5.08. The highest BCUT2D eigenvalue weighted by Gasteiger charge is 2.13. The second-order valence-electron chi connectivity index (χ2n) is 4.30. The molecule has 0 aliphatic rings. The molecule has 20 heavy (non-hydrogen) atoms. The zero-order valence-corrected chi connectivity index (χ0v) is 12.4. The highest BCUT2D eigenvalue weighted by molar-refractivity contribution is 6.30. The Balaban J connectivity index is 2.52. The number of nitrogens with one attached hydrogen (secondary N) is 2. The van der Waals surface area contributed by atoms with Crippen LogP contribution in [0.2, 0.25) is 5.02 Å². The van der Waals surface area contributed by atoms with Crippen molar-refractivity contribution in [3.8, 4) is 5.75 Å². The number of ether oxygens (including phenoxy) is 1. The number of halogens is 1. The van der Waals surface area contributed by atoms with E-state index in [1.807, 2.05) is 0 Å². The fraction of sp³-hybridized carbons (Fsp3) is 0.429. The van der Waals surface area contributed by atoms with Gasteiger partial charge in [0, 0.05) is 11.4 Å². The second kappa shape index (κ2) is 8.43. The number of carbonyl (C=O) groups is 2. The van der Waals surface area contributed by atoms with Gasteiger partial charge < -0.3 is 4.74 Å². The van der Waals surface area contributed by atoms with Gasteiger partial charge in [0.1, 0.15) is 5.75 Å². The topological polar surface area (TPSA) is 67.4 Å². The maximum atomic E-state index is 11.9. The average molecular weight is 299 g/mol. The standard InChI is InChI=1S/C14H19ClN2O3/c1-3-4-5-6-13(18)16-17-14(19)11-8-7-10(15)9-12(11)20-2/h7-9H,3-6H2,1-2H3,(H,16,18)(H,17,19). The van der Waals surface area contributed by atoms with Crippen LogP contribution in [-0.4, -0.2) is 18.9 Å². The van der Waals surface area contributed by atoms with Crippen LogP contribution < -0.4 is 15.6 Å². The Kier molecular flexibility index (Phi) is 6.87. The molecule has 0 aromatic heterocycles. The minimum atomic E-state index is -0.442. The molecule has 5 nitrogen and oxygen atoms in total. The van der Waals surface area contributed by atoms with Crippen molar-refractivity contribution in [1.29, 1.82) is 0 Å². The van der Waals surface area contributed by atoms with Gasteiger partial charge in [0.2, 0.25) is 5.91 Å². The van der Waals surface area contributed by atoms with E-state index in [0.717, 1.165) is 19.3 Å². The lowest BCUT2D eigenvalue weighted by molar-refractivity contribution is -0.121. The van der Waals surface area contributed by atoms with Gasteiger partial charge in [0.15, 0.2) is 0 Å². The molecule has 0 bridgehead atoms. The summed E-state index contributed by atoms with van der Waals surface area (Å²) in [5, 5.41) is 0.474. The second-order valence-corrected chi connectivity index (χ2v) is 4.74. The number of hydrogen-bond acceptors (Lipinski definition) is 3. The Labute approximate surface area is 123 Å². The summed E-state index contributed by atoms with van der Waals surface area (Å²) in [6.45, 7) is 2.06. The smallest absolute Gasteiger partial charge is 0.273 e. The van der Waals surface area contributed by atoms with Gasteiger partial charge in [-0.15, -0.1) is 0 Å². The van der Waals surface area contributed by atoms with Crippen molar-refractivity contribution >= 4 is 23.4 Å². The molecule has 0 heterocycles. The highest BCUT2D eigenvalue weighted by atomic mass is 35.5. The van der Waals surface area contributed by atoms with E-state index in [4.69, 9.17) is 16.3 Å². The molecular formula is C14H19ClN2O3. The Bertz CT molecular complexity index is 477. The van der Waals surface area contributed by atoms with Gasteiger partial charge in [0.05, 0.1) is 12.7 Å². The third kappa shape index (κ3) is 5.09. The van der Waals surface area contributed by atoms with E-state index in [1.165, 1.54) is 7.11 Å². The number of hydrazine groups is 1. The van der Waals surface area contributed by atoms with E-state index in [1.54, 1.807) is 18.2 Å². The van der Waals surface area contributed by atoms with Gasteiger partial charge in [-0.3, -0.25) is 20.4 Å². The third-order valence-corrected chi connectivity index (χ3v) is 2.97. The van der Waals surface area contributed by atoms with Crippen LogP contribution in [-0.2, 0) is 4.79 Å². The van der Waals surface area contributed by atoms with Gasteiger partial charge in [-0.05, 0) is 24.6 Å². The molecule has 0 unspecified atom stereocenters.